The molecule has 0 bridgehead atoms. The van der Waals surface area contributed by atoms with Crippen molar-refractivity contribution < 1.29 is 13.5 Å². The van der Waals surface area contributed by atoms with Crippen LogP contribution in [0.5, 0.6) is 5.75 Å². The summed E-state index contributed by atoms with van der Waals surface area (Å²) in [4.78, 5) is 0. The molecule has 1 atom stereocenters. The summed E-state index contributed by atoms with van der Waals surface area (Å²) in [6, 6.07) is 4.87. The summed E-state index contributed by atoms with van der Waals surface area (Å²) < 4.78 is 31.9. The van der Waals surface area contributed by atoms with Crippen molar-refractivity contribution >= 4 is 0 Å². The van der Waals surface area contributed by atoms with Crippen LogP contribution in [0, 0.1) is 0 Å². The van der Waals surface area contributed by atoms with Crippen LogP contribution in [0.2, 0.25) is 0 Å². The minimum atomic E-state index is -2.48. The van der Waals surface area contributed by atoms with Gasteiger partial charge in [0.15, 0.2) is 0 Å². The number of rotatable bonds is 5. The number of hydrogen-bond acceptors (Lipinski definition) is 3. The third-order valence-corrected chi connectivity index (χ3v) is 3.73. The lowest BCUT2D eigenvalue weighted by atomic mass is 10.0. The Labute approximate surface area is 118 Å². The van der Waals surface area contributed by atoms with Crippen molar-refractivity contribution in [3.8, 4) is 5.75 Å². The van der Waals surface area contributed by atoms with Crippen LogP contribution in [0.25, 0.3) is 0 Å². The van der Waals surface area contributed by atoms with E-state index in [0.717, 1.165) is 31.5 Å². The molecule has 1 saturated heterocycles. The van der Waals surface area contributed by atoms with Crippen LogP contribution in [-0.4, -0.2) is 26.2 Å². The fraction of sp³-hybridized carbons (Fsp3) is 0.600. The number of hydrogen-bond donors (Lipinski definition) is 2. The van der Waals surface area contributed by atoms with Crippen molar-refractivity contribution in [2.24, 2.45) is 0 Å². The molecule has 20 heavy (non-hydrogen) atoms. The van der Waals surface area contributed by atoms with E-state index in [1.54, 1.807) is 6.07 Å². The monoisotopic (exact) mass is 284 g/mol. The van der Waals surface area contributed by atoms with Gasteiger partial charge in [-0.05, 0) is 63.7 Å². The van der Waals surface area contributed by atoms with Gasteiger partial charge in [-0.15, -0.1) is 0 Å². The summed E-state index contributed by atoms with van der Waals surface area (Å²) >= 11 is 0. The third-order valence-electron chi connectivity index (χ3n) is 3.73. The van der Waals surface area contributed by atoms with Crippen LogP contribution in [0.1, 0.15) is 43.4 Å². The highest BCUT2D eigenvalue weighted by Crippen LogP contribution is 2.29. The maximum atomic E-state index is 13.0. The van der Waals surface area contributed by atoms with Gasteiger partial charge < -0.3 is 15.4 Å². The van der Waals surface area contributed by atoms with E-state index in [9.17, 15) is 8.78 Å². The maximum absolute atomic E-state index is 13.0. The van der Waals surface area contributed by atoms with Gasteiger partial charge in [-0.1, -0.05) is 0 Å². The van der Waals surface area contributed by atoms with Crippen molar-refractivity contribution in [1.82, 2.24) is 10.6 Å². The first-order valence-corrected chi connectivity index (χ1v) is 7.08. The highest BCUT2D eigenvalue weighted by atomic mass is 19.3. The standard InChI is InChI=1S/C15H22F2N2O/c1-10(18-2)11-7-12(15(16)17)9-14(8-11)20-13-3-5-19-6-4-13/h7-10,13,15,18-19H,3-6H2,1-2H3. The Balaban J connectivity index is 2.19. The number of alkyl halides is 2. The Morgan fingerprint density at radius 1 is 1.20 bits per heavy atom. The van der Waals surface area contributed by atoms with E-state index in [1.807, 2.05) is 20.0 Å². The van der Waals surface area contributed by atoms with Gasteiger partial charge in [0.25, 0.3) is 6.43 Å². The summed E-state index contributed by atoms with van der Waals surface area (Å²) in [5.74, 6) is 0.548. The average molecular weight is 284 g/mol. The van der Waals surface area contributed by atoms with E-state index >= 15 is 0 Å². The van der Waals surface area contributed by atoms with Crippen LogP contribution < -0.4 is 15.4 Å². The molecule has 0 saturated carbocycles. The third kappa shape index (κ3) is 3.90. The highest BCUT2D eigenvalue weighted by molar-refractivity contribution is 5.36. The van der Waals surface area contributed by atoms with E-state index in [1.165, 1.54) is 6.07 Å². The van der Waals surface area contributed by atoms with Gasteiger partial charge in [-0.2, -0.15) is 0 Å². The molecule has 1 aromatic rings. The predicted molar refractivity (Wildman–Crippen MR) is 75.4 cm³/mol. The van der Waals surface area contributed by atoms with Crippen LogP contribution >= 0.6 is 0 Å². The molecule has 2 N–H and O–H groups in total. The highest BCUT2D eigenvalue weighted by Gasteiger charge is 2.17. The van der Waals surface area contributed by atoms with E-state index in [0.29, 0.717) is 5.75 Å². The predicted octanol–water partition coefficient (Wildman–Crippen LogP) is 3.04. The minimum absolute atomic E-state index is 0.0177. The first-order chi connectivity index (χ1) is 9.60. The summed E-state index contributed by atoms with van der Waals surface area (Å²) in [5.41, 5.74) is 0.850. The maximum Gasteiger partial charge on any atom is 0.263 e. The quantitative estimate of drug-likeness (QED) is 0.872. The molecule has 0 aliphatic carbocycles. The first-order valence-electron chi connectivity index (χ1n) is 7.08. The molecule has 1 fully saturated rings. The number of nitrogens with one attached hydrogen (secondary N) is 2. The Morgan fingerprint density at radius 3 is 2.45 bits per heavy atom. The molecule has 1 heterocycles. The summed E-state index contributed by atoms with van der Waals surface area (Å²) in [7, 11) is 1.81. The molecule has 112 valence electrons. The minimum Gasteiger partial charge on any atom is -0.490 e. The molecule has 0 spiro atoms. The fourth-order valence-electron chi connectivity index (χ4n) is 2.36. The average Bonchev–Trinajstić information content (AvgIpc) is 2.47. The van der Waals surface area contributed by atoms with Gasteiger partial charge in [-0.3, -0.25) is 0 Å². The molecule has 0 aromatic heterocycles. The summed E-state index contributed by atoms with van der Waals surface area (Å²) in [6.07, 6.45) is -0.540. The van der Waals surface area contributed by atoms with Gasteiger partial charge in [0.05, 0.1) is 0 Å². The van der Waals surface area contributed by atoms with Crippen molar-refractivity contribution in [3.63, 3.8) is 0 Å². The lowest BCUT2D eigenvalue weighted by Crippen LogP contribution is -2.34. The molecule has 5 heteroatoms. The van der Waals surface area contributed by atoms with E-state index in [4.69, 9.17) is 4.74 Å². The number of halogens is 2. The molecule has 2 rings (SSSR count). The van der Waals surface area contributed by atoms with Crippen molar-refractivity contribution in [2.75, 3.05) is 20.1 Å². The van der Waals surface area contributed by atoms with Crippen molar-refractivity contribution in [2.45, 2.75) is 38.3 Å². The second kappa shape index (κ2) is 6.99. The lowest BCUT2D eigenvalue weighted by Gasteiger charge is -2.25. The van der Waals surface area contributed by atoms with Crippen LogP contribution in [0.3, 0.4) is 0 Å². The molecule has 1 aliphatic rings. The first kappa shape index (κ1) is 15.2. The second-order valence-corrected chi connectivity index (χ2v) is 5.21. The zero-order valence-corrected chi connectivity index (χ0v) is 12.0. The van der Waals surface area contributed by atoms with Crippen LogP contribution in [0.15, 0.2) is 18.2 Å². The van der Waals surface area contributed by atoms with Crippen molar-refractivity contribution in [1.29, 1.82) is 0 Å². The van der Waals surface area contributed by atoms with E-state index in [2.05, 4.69) is 10.6 Å². The number of benzene rings is 1. The molecule has 0 amide bonds. The zero-order valence-electron chi connectivity index (χ0n) is 12.0. The molecule has 1 aliphatic heterocycles. The van der Waals surface area contributed by atoms with Gasteiger partial charge in [0.2, 0.25) is 0 Å². The summed E-state index contributed by atoms with van der Waals surface area (Å²) in [5, 5.41) is 6.33. The summed E-state index contributed by atoms with van der Waals surface area (Å²) in [6.45, 7) is 3.77. The Kier molecular flexibility index (Phi) is 5.31. The second-order valence-electron chi connectivity index (χ2n) is 5.21. The zero-order chi connectivity index (χ0) is 14.5. The molecular weight excluding hydrogens is 262 g/mol. The number of ether oxygens (including phenoxy) is 1. The number of piperidine rings is 1. The Hall–Kier alpha value is -1.20. The molecule has 3 nitrogen and oxygen atoms in total. The van der Waals surface area contributed by atoms with Gasteiger partial charge in [0.1, 0.15) is 11.9 Å². The van der Waals surface area contributed by atoms with Gasteiger partial charge in [0, 0.05) is 11.6 Å². The van der Waals surface area contributed by atoms with E-state index in [-0.39, 0.29) is 17.7 Å². The van der Waals surface area contributed by atoms with Gasteiger partial charge >= 0.3 is 0 Å². The van der Waals surface area contributed by atoms with Crippen LogP contribution in [0.4, 0.5) is 8.78 Å². The molecule has 1 unspecified atom stereocenters. The largest absolute Gasteiger partial charge is 0.490 e. The Morgan fingerprint density at radius 2 is 1.85 bits per heavy atom. The topological polar surface area (TPSA) is 33.3 Å². The lowest BCUT2D eigenvalue weighted by molar-refractivity contribution is 0.146. The molecular formula is C15H22F2N2O. The molecule has 0 radical (unpaired) electrons. The van der Waals surface area contributed by atoms with E-state index < -0.39 is 6.43 Å². The SMILES string of the molecule is CNC(C)c1cc(OC2CCNCC2)cc(C(F)F)c1. The smallest absolute Gasteiger partial charge is 0.263 e. The van der Waals surface area contributed by atoms with Gasteiger partial charge in [-0.25, -0.2) is 8.78 Å². The Bertz CT molecular complexity index is 434. The van der Waals surface area contributed by atoms with Crippen molar-refractivity contribution in [3.05, 3.63) is 29.3 Å². The normalized spacial score (nSPS) is 18.2. The fourth-order valence-corrected chi connectivity index (χ4v) is 2.36. The van der Waals surface area contributed by atoms with Crippen LogP contribution in [-0.2, 0) is 0 Å². The molecule has 1 aromatic carbocycles.